The topological polar surface area (TPSA) is 94.4 Å². The molecule has 9 heteroatoms. The van der Waals surface area contributed by atoms with E-state index in [1.165, 1.54) is 3.97 Å². The molecule has 1 aliphatic rings. The standard InChI is InChI=1S/C27H30N4O4S/c1-18-7-9-20(10-8-18)36(33,34)31-15-12-22-24-21(11-13-28-23(24)16-29-25(22)31)19-6-5-14-30(17-19)26(32)35-27(2,3)4/h7-13,15-16,19H,5-6,14,17H2,1-4H3. The van der Waals surface area contributed by atoms with Crippen LogP contribution in [0, 0.1) is 6.92 Å². The van der Waals surface area contributed by atoms with Gasteiger partial charge in [0.2, 0.25) is 0 Å². The molecule has 0 spiro atoms. The fraction of sp³-hybridized carbons (Fsp3) is 0.370. The molecule has 5 rings (SSSR count). The van der Waals surface area contributed by atoms with Crippen molar-refractivity contribution >= 4 is 38.1 Å². The average Bonchev–Trinajstić information content (AvgIpc) is 3.28. The summed E-state index contributed by atoms with van der Waals surface area (Å²) >= 11 is 0. The Balaban J connectivity index is 1.57. The van der Waals surface area contributed by atoms with Crippen LogP contribution in [0.1, 0.15) is 50.7 Å². The van der Waals surface area contributed by atoms with Gasteiger partial charge in [-0.05, 0) is 70.4 Å². The van der Waals surface area contributed by atoms with Gasteiger partial charge in [-0.15, -0.1) is 0 Å². The summed E-state index contributed by atoms with van der Waals surface area (Å²) in [5, 5.41) is 1.59. The minimum atomic E-state index is -3.82. The minimum absolute atomic E-state index is 0.0689. The largest absolute Gasteiger partial charge is 0.444 e. The molecule has 1 atom stereocenters. The Kier molecular flexibility index (Phi) is 5.98. The third kappa shape index (κ3) is 4.43. The molecule has 4 heterocycles. The molecule has 1 amide bonds. The van der Waals surface area contributed by atoms with E-state index in [1.807, 2.05) is 33.8 Å². The van der Waals surface area contributed by atoms with Crippen LogP contribution in [0.2, 0.25) is 0 Å². The van der Waals surface area contributed by atoms with Crippen LogP contribution in [0.3, 0.4) is 0 Å². The van der Waals surface area contributed by atoms with Gasteiger partial charge in [-0.25, -0.2) is 22.2 Å². The number of pyridine rings is 2. The van der Waals surface area contributed by atoms with Crippen LogP contribution in [0.4, 0.5) is 4.79 Å². The van der Waals surface area contributed by atoms with E-state index >= 15 is 0 Å². The van der Waals surface area contributed by atoms with Crippen LogP contribution in [0.5, 0.6) is 0 Å². The van der Waals surface area contributed by atoms with Crippen molar-refractivity contribution in [3.8, 4) is 0 Å². The first kappa shape index (κ1) is 24.2. The van der Waals surface area contributed by atoms with E-state index in [0.717, 1.165) is 34.7 Å². The number of aromatic nitrogens is 3. The van der Waals surface area contributed by atoms with Crippen LogP contribution in [-0.4, -0.2) is 52.0 Å². The molecule has 1 fully saturated rings. The summed E-state index contributed by atoms with van der Waals surface area (Å²) in [5.74, 6) is 0.0689. The fourth-order valence-corrected chi connectivity index (χ4v) is 6.12. The number of ether oxygens (including phenoxy) is 1. The lowest BCUT2D eigenvalue weighted by atomic mass is 9.88. The van der Waals surface area contributed by atoms with Crippen molar-refractivity contribution in [2.75, 3.05) is 13.1 Å². The van der Waals surface area contributed by atoms with Crippen molar-refractivity contribution in [1.82, 2.24) is 18.8 Å². The van der Waals surface area contributed by atoms with Crippen LogP contribution >= 0.6 is 0 Å². The number of benzene rings is 1. The number of rotatable bonds is 3. The van der Waals surface area contributed by atoms with Crippen molar-refractivity contribution in [2.24, 2.45) is 0 Å². The second kappa shape index (κ2) is 8.89. The van der Waals surface area contributed by atoms with Crippen LogP contribution in [-0.2, 0) is 14.8 Å². The Labute approximate surface area is 211 Å². The SMILES string of the molecule is Cc1ccc(S(=O)(=O)n2ccc3c4c(C5CCCN(C(=O)OC(C)(C)C)C5)ccnc4cnc32)cc1. The monoisotopic (exact) mass is 506 g/mol. The highest BCUT2D eigenvalue weighted by Crippen LogP contribution is 2.36. The van der Waals surface area contributed by atoms with Gasteiger partial charge in [-0.3, -0.25) is 4.98 Å². The molecule has 0 aliphatic carbocycles. The van der Waals surface area contributed by atoms with Gasteiger partial charge < -0.3 is 9.64 Å². The normalized spacial score (nSPS) is 17.0. The third-order valence-electron chi connectivity index (χ3n) is 6.51. The Morgan fingerprint density at radius 1 is 1.08 bits per heavy atom. The molecule has 1 unspecified atom stereocenters. The summed E-state index contributed by atoms with van der Waals surface area (Å²) in [4.78, 5) is 23.7. The van der Waals surface area contributed by atoms with E-state index in [4.69, 9.17) is 4.74 Å². The van der Waals surface area contributed by atoms with Gasteiger partial charge in [-0.1, -0.05) is 17.7 Å². The Morgan fingerprint density at radius 3 is 2.56 bits per heavy atom. The van der Waals surface area contributed by atoms with E-state index in [-0.39, 0.29) is 16.9 Å². The van der Waals surface area contributed by atoms with Crippen LogP contribution < -0.4 is 0 Å². The molecule has 0 bridgehead atoms. The third-order valence-corrected chi connectivity index (χ3v) is 8.19. The Bertz CT molecular complexity index is 1550. The number of piperidine rings is 1. The number of carbonyl (C=O) groups is 1. The van der Waals surface area contributed by atoms with Gasteiger partial charge in [0.15, 0.2) is 5.65 Å². The summed E-state index contributed by atoms with van der Waals surface area (Å²) in [6.07, 6.45) is 6.37. The molecule has 8 nitrogen and oxygen atoms in total. The zero-order valence-corrected chi connectivity index (χ0v) is 21.7. The van der Waals surface area contributed by atoms with Gasteiger partial charge in [0.25, 0.3) is 10.0 Å². The molecule has 1 saturated heterocycles. The van der Waals surface area contributed by atoms with Crippen molar-refractivity contribution in [3.63, 3.8) is 0 Å². The highest BCUT2D eigenvalue weighted by molar-refractivity contribution is 7.90. The number of fused-ring (bicyclic) bond motifs is 3. The molecule has 3 aromatic heterocycles. The fourth-order valence-electron chi connectivity index (χ4n) is 4.82. The maximum Gasteiger partial charge on any atom is 0.410 e. The molecule has 0 saturated carbocycles. The predicted octanol–water partition coefficient (Wildman–Crippen LogP) is 5.24. The number of likely N-dealkylation sites (tertiary alicyclic amines) is 1. The molecule has 188 valence electrons. The second-order valence-electron chi connectivity index (χ2n) is 10.4. The number of amides is 1. The van der Waals surface area contributed by atoms with E-state index in [0.29, 0.717) is 24.3 Å². The van der Waals surface area contributed by atoms with Crippen molar-refractivity contribution in [1.29, 1.82) is 0 Å². The van der Waals surface area contributed by atoms with Crippen molar-refractivity contribution in [3.05, 3.63) is 66.1 Å². The van der Waals surface area contributed by atoms with E-state index in [9.17, 15) is 13.2 Å². The maximum absolute atomic E-state index is 13.4. The molecule has 1 aromatic carbocycles. The minimum Gasteiger partial charge on any atom is -0.444 e. The number of hydrogen-bond donors (Lipinski definition) is 0. The average molecular weight is 507 g/mol. The van der Waals surface area contributed by atoms with E-state index in [2.05, 4.69) is 9.97 Å². The molecule has 0 radical (unpaired) electrons. The summed E-state index contributed by atoms with van der Waals surface area (Å²) in [7, 11) is -3.82. The van der Waals surface area contributed by atoms with Gasteiger partial charge in [0.1, 0.15) is 5.60 Å². The maximum atomic E-state index is 13.4. The highest BCUT2D eigenvalue weighted by Gasteiger charge is 2.30. The van der Waals surface area contributed by atoms with E-state index < -0.39 is 15.6 Å². The first-order valence-electron chi connectivity index (χ1n) is 12.1. The summed E-state index contributed by atoms with van der Waals surface area (Å²) < 4.78 is 33.7. The Morgan fingerprint density at radius 2 is 1.83 bits per heavy atom. The number of aryl methyl sites for hydroxylation is 1. The summed E-state index contributed by atoms with van der Waals surface area (Å²) in [5.41, 5.74) is 2.51. The quantitative estimate of drug-likeness (QED) is 0.377. The Hall–Kier alpha value is -3.46. The lowest BCUT2D eigenvalue weighted by Gasteiger charge is -2.34. The van der Waals surface area contributed by atoms with Crippen molar-refractivity contribution in [2.45, 2.75) is 57.0 Å². The number of hydrogen-bond acceptors (Lipinski definition) is 6. The highest BCUT2D eigenvalue weighted by atomic mass is 32.2. The lowest BCUT2D eigenvalue weighted by Crippen LogP contribution is -2.42. The van der Waals surface area contributed by atoms with Gasteiger partial charge >= 0.3 is 6.09 Å². The molecule has 0 N–H and O–H groups in total. The number of carbonyl (C=O) groups excluding carboxylic acids is 1. The van der Waals surface area contributed by atoms with Gasteiger partial charge in [0.05, 0.1) is 16.6 Å². The molecular weight excluding hydrogens is 476 g/mol. The van der Waals surface area contributed by atoms with Gasteiger partial charge in [0, 0.05) is 42.2 Å². The zero-order valence-electron chi connectivity index (χ0n) is 20.9. The smallest absolute Gasteiger partial charge is 0.410 e. The number of nitrogens with zero attached hydrogens (tertiary/aromatic N) is 4. The lowest BCUT2D eigenvalue weighted by molar-refractivity contribution is 0.0198. The molecular formula is C27H30N4O4S. The first-order chi connectivity index (χ1) is 17.0. The predicted molar refractivity (Wildman–Crippen MR) is 139 cm³/mol. The van der Waals surface area contributed by atoms with Crippen LogP contribution in [0.25, 0.3) is 21.9 Å². The summed E-state index contributed by atoms with van der Waals surface area (Å²) in [6.45, 7) is 8.68. The second-order valence-corrected chi connectivity index (χ2v) is 12.2. The van der Waals surface area contributed by atoms with Crippen molar-refractivity contribution < 1.29 is 17.9 Å². The molecule has 1 aliphatic heterocycles. The molecule has 36 heavy (non-hydrogen) atoms. The van der Waals surface area contributed by atoms with Gasteiger partial charge in [-0.2, -0.15) is 0 Å². The van der Waals surface area contributed by atoms with Crippen LogP contribution in [0.15, 0.2) is 59.9 Å². The zero-order chi connectivity index (χ0) is 25.7. The first-order valence-corrected chi connectivity index (χ1v) is 13.5. The summed E-state index contributed by atoms with van der Waals surface area (Å²) in [6, 6.07) is 10.5. The molecule has 4 aromatic rings. The van der Waals surface area contributed by atoms with E-state index in [1.54, 1.807) is 53.8 Å².